The highest BCUT2D eigenvalue weighted by Gasteiger charge is 2.16. The summed E-state index contributed by atoms with van der Waals surface area (Å²) in [6.45, 7) is 6.05. The van der Waals surface area contributed by atoms with Gasteiger partial charge in [-0.2, -0.15) is 0 Å². The fourth-order valence-electron chi connectivity index (χ4n) is 1.59. The number of phenolic OH excluding ortho intramolecular Hbond substituents is 1. The Labute approximate surface area is 113 Å². The van der Waals surface area contributed by atoms with E-state index >= 15 is 0 Å². The fraction of sp³-hybridized carbons (Fsp3) is 0.500. The van der Waals surface area contributed by atoms with Crippen molar-refractivity contribution < 1.29 is 9.90 Å². The number of carbonyl (C=O) groups excluding carboxylic acids is 1. The molecule has 0 aromatic heterocycles. The van der Waals surface area contributed by atoms with Gasteiger partial charge in [-0.1, -0.05) is 13.8 Å². The highest BCUT2D eigenvalue weighted by Crippen LogP contribution is 2.25. The van der Waals surface area contributed by atoms with Crippen molar-refractivity contribution >= 4 is 17.7 Å². The van der Waals surface area contributed by atoms with Crippen LogP contribution >= 0.6 is 11.8 Å². The fourth-order valence-corrected chi connectivity index (χ4v) is 2.47. The van der Waals surface area contributed by atoms with Gasteiger partial charge in [0.05, 0.1) is 5.25 Å². The summed E-state index contributed by atoms with van der Waals surface area (Å²) in [5.41, 5.74) is 0. The van der Waals surface area contributed by atoms with Crippen LogP contribution in [0.15, 0.2) is 29.2 Å². The number of aromatic hydroxyl groups is 1. The molecule has 0 saturated heterocycles. The van der Waals surface area contributed by atoms with E-state index in [1.807, 2.05) is 19.1 Å². The summed E-state index contributed by atoms with van der Waals surface area (Å²) in [7, 11) is 0. The lowest BCUT2D eigenvalue weighted by Gasteiger charge is -2.18. The minimum atomic E-state index is -0.129. The average molecular weight is 267 g/mol. The summed E-state index contributed by atoms with van der Waals surface area (Å²) < 4.78 is 0. The molecule has 1 aromatic rings. The third kappa shape index (κ3) is 4.61. The molecule has 1 unspecified atom stereocenters. The van der Waals surface area contributed by atoms with Crippen molar-refractivity contribution in [3.05, 3.63) is 24.3 Å². The lowest BCUT2D eigenvalue weighted by atomic mass is 10.2. The standard InChI is InChI=1S/C14H21NO2S/c1-4-11(5-2)15-14(17)10(3)18-13-8-6-12(16)7-9-13/h6-11,16H,4-5H2,1-3H3,(H,15,17). The number of hydrogen-bond acceptors (Lipinski definition) is 3. The molecule has 0 bridgehead atoms. The maximum absolute atomic E-state index is 12.0. The molecule has 1 aromatic carbocycles. The van der Waals surface area contributed by atoms with Crippen molar-refractivity contribution in [1.29, 1.82) is 0 Å². The SMILES string of the molecule is CCC(CC)NC(=O)C(C)Sc1ccc(O)cc1. The second-order valence-corrected chi connectivity index (χ2v) is 5.69. The van der Waals surface area contributed by atoms with Crippen LogP contribution in [-0.4, -0.2) is 22.3 Å². The first-order valence-corrected chi connectivity index (χ1v) is 7.20. The largest absolute Gasteiger partial charge is 0.508 e. The second kappa shape index (κ2) is 7.31. The summed E-state index contributed by atoms with van der Waals surface area (Å²) >= 11 is 1.50. The molecule has 3 nitrogen and oxygen atoms in total. The van der Waals surface area contributed by atoms with Crippen molar-refractivity contribution in [3.63, 3.8) is 0 Å². The van der Waals surface area contributed by atoms with E-state index < -0.39 is 0 Å². The topological polar surface area (TPSA) is 49.3 Å². The predicted molar refractivity (Wildman–Crippen MR) is 75.9 cm³/mol. The molecule has 1 atom stereocenters. The van der Waals surface area contributed by atoms with E-state index in [2.05, 4.69) is 19.2 Å². The van der Waals surface area contributed by atoms with Crippen molar-refractivity contribution in [1.82, 2.24) is 5.32 Å². The maximum Gasteiger partial charge on any atom is 0.233 e. The highest BCUT2D eigenvalue weighted by molar-refractivity contribution is 8.00. The zero-order valence-electron chi connectivity index (χ0n) is 11.1. The van der Waals surface area contributed by atoms with Gasteiger partial charge >= 0.3 is 0 Å². The molecule has 2 N–H and O–H groups in total. The van der Waals surface area contributed by atoms with Crippen LogP contribution in [0, 0.1) is 0 Å². The molecule has 0 radical (unpaired) electrons. The smallest absolute Gasteiger partial charge is 0.233 e. The Morgan fingerprint density at radius 3 is 2.33 bits per heavy atom. The molecule has 4 heteroatoms. The third-order valence-electron chi connectivity index (χ3n) is 2.85. The zero-order valence-corrected chi connectivity index (χ0v) is 12.0. The third-order valence-corrected chi connectivity index (χ3v) is 3.96. The number of thioether (sulfide) groups is 1. The van der Waals surface area contributed by atoms with Gasteiger partial charge < -0.3 is 10.4 Å². The first-order valence-electron chi connectivity index (χ1n) is 6.32. The van der Waals surface area contributed by atoms with E-state index in [4.69, 9.17) is 0 Å². The van der Waals surface area contributed by atoms with Crippen molar-refractivity contribution in [3.8, 4) is 5.75 Å². The number of carbonyl (C=O) groups is 1. The first-order chi connectivity index (χ1) is 8.56. The molecule has 0 aliphatic heterocycles. The molecule has 0 spiro atoms. The molecule has 0 aliphatic carbocycles. The minimum absolute atomic E-state index is 0.0711. The van der Waals surface area contributed by atoms with Gasteiger partial charge in [-0.25, -0.2) is 0 Å². The van der Waals surface area contributed by atoms with E-state index in [0.29, 0.717) is 0 Å². The summed E-state index contributed by atoms with van der Waals surface area (Å²) in [5.74, 6) is 0.315. The monoisotopic (exact) mass is 267 g/mol. The molecule has 18 heavy (non-hydrogen) atoms. The summed E-state index contributed by atoms with van der Waals surface area (Å²) in [4.78, 5) is 12.9. The number of amides is 1. The van der Waals surface area contributed by atoms with Gasteiger partial charge in [-0.15, -0.1) is 11.8 Å². The van der Waals surface area contributed by atoms with E-state index in [9.17, 15) is 9.90 Å². The Morgan fingerprint density at radius 2 is 1.83 bits per heavy atom. The average Bonchev–Trinajstić information content (AvgIpc) is 2.38. The van der Waals surface area contributed by atoms with E-state index in [0.717, 1.165) is 17.7 Å². The Balaban J connectivity index is 2.51. The molecule has 0 fully saturated rings. The van der Waals surface area contributed by atoms with Crippen molar-refractivity contribution in [2.45, 2.75) is 49.8 Å². The van der Waals surface area contributed by atoms with E-state index in [1.54, 1.807) is 12.1 Å². The van der Waals surface area contributed by atoms with Gasteiger partial charge in [0.2, 0.25) is 5.91 Å². The van der Waals surface area contributed by atoms with Gasteiger partial charge in [0.15, 0.2) is 0 Å². The molecule has 0 aliphatic rings. The molecule has 100 valence electrons. The van der Waals surface area contributed by atoms with E-state index in [1.165, 1.54) is 11.8 Å². The number of nitrogens with one attached hydrogen (secondary N) is 1. The van der Waals surface area contributed by atoms with Crippen LogP contribution in [0.1, 0.15) is 33.6 Å². The van der Waals surface area contributed by atoms with Gasteiger partial charge in [-0.05, 0) is 44.0 Å². The zero-order chi connectivity index (χ0) is 13.5. The van der Waals surface area contributed by atoms with Crippen molar-refractivity contribution in [2.24, 2.45) is 0 Å². The lowest BCUT2D eigenvalue weighted by Crippen LogP contribution is -2.38. The van der Waals surface area contributed by atoms with Crippen LogP contribution in [0.3, 0.4) is 0 Å². The number of hydrogen-bond donors (Lipinski definition) is 2. The van der Waals surface area contributed by atoms with Crippen LogP contribution < -0.4 is 5.32 Å². The van der Waals surface area contributed by atoms with Gasteiger partial charge in [0, 0.05) is 10.9 Å². The van der Waals surface area contributed by atoms with Crippen LogP contribution in [0.5, 0.6) is 5.75 Å². The Kier molecular flexibility index (Phi) is 6.05. The molecule has 0 heterocycles. The summed E-state index contributed by atoms with van der Waals surface area (Å²) in [6, 6.07) is 7.17. The normalized spacial score (nSPS) is 12.4. The highest BCUT2D eigenvalue weighted by atomic mass is 32.2. The van der Waals surface area contributed by atoms with Crippen LogP contribution in [0.4, 0.5) is 0 Å². The number of rotatable bonds is 6. The van der Waals surface area contributed by atoms with Gasteiger partial charge in [0.25, 0.3) is 0 Å². The quantitative estimate of drug-likeness (QED) is 0.778. The summed E-state index contributed by atoms with van der Waals surface area (Å²) in [6.07, 6.45) is 1.91. The van der Waals surface area contributed by atoms with Crippen molar-refractivity contribution in [2.75, 3.05) is 0 Å². The Morgan fingerprint density at radius 1 is 1.28 bits per heavy atom. The van der Waals surface area contributed by atoms with Gasteiger partial charge in [0.1, 0.15) is 5.75 Å². The second-order valence-electron chi connectivity index (χ2n) is 4.28. The van der Waals surface area contributed by atoms with Crippen LogP contribution in [-0.2, 0) is 4.79 Å². The maximum atomic E-state index is 12.0. The molecular formula is C14H21NO2S. The Bertz CT molecular complexity index is 374. The molecule has 1 amide bonds. The first kappa shape index (κ1) is 14.9. The summed E-state index contributed by atoms with van der Waals surface area (Å²) in [5, 5.41) is 12.1. The van der Waals surface area contributed by atoms with Crippen LogP contribution in [0.2, 0.25) is 0 Å². The van der Waals surface area contributed by atoms with Crippen LogP contribution in [0.25, 0.3) is 0 Å². The lowest BCUT2D eigenvalue weighted by molar-refractivity contribution is -0.121. The molecule has 1 rings (SSSR count). The number of benzene rings is 1. The number of phenols is 1. The molecule has 0 saturated carbocycles. The Hall–Kier alpha value is -1.16. The predicted octanol–water partition coefficient (Wildman–Crippen LogP) is 3.18. The van der Waals surface area contributed by atoms with Gasteiger partial charge in [-0.3, -0.25) is 4.79 Å². The molecular weight excluding hydrogens is 246 g/mol. The van der Waals surface area contributed by atoms with E-state index in [-0.39, 0.29) is 22.9 Å². The minimum Gasteiger partial charge on any atom is -0.508 e.